The molecule has 0 aliphatic heterocycles. The van der Waals surface area contributed by atoms with Crippen molar-refractivity contribution in [3.05, 3.63) is 59.0 Å². The van der Waals surface area contributed by atoms with Crippen LogP contribution in [0.15, 0.2) is 41.0 Å². The van der Waals surface area contributed by atoms with Gasteiger partial charge in [-0.2, -0.15) is 13.2 Å². The average Bonchev–Trinajstić information content (AvgIpc) is 2.84. The Labute approximate surface area is 109 Å². The van der Waals surface area contributed by atoms with E-state index < -0.39 is 11.7 Å². The minimum Gasteiger partial charge on any atom is -0.467 e. The summed E-state index contributed by atoms with van der Waals surface area (Å²) in [6.45, 7) is 1.66. The van der Waals surface area contributed by atoms with Crippen LogP contribution in [0, 0.1) is 6.92 Å². The first kappa shape index (κ1) is 13.7. The highest BCUT2D eigenvalue weighted by atomic mass is 19.4. The normalized spacial score (nSPS) is 13.5. The SMILES string of the molecule is CNC(c1ccco1)c1ccc(C(F)(F)F)cc1C. The standard InChI is InChI=1S/C14H14F3NO/c1-9-8-10(14(15,16)17)5-6-11(9)13(18-2)12-4-3-7-19-12/h3-8,13,18H,1-2H3. The van der Waals surface area contributed by atoms with Crippen molar-refractivity contribution in [3.8, 4) is 0 Å². The molecule has 0 spiro atoms. The fourth-order valence-corrected chi connectivity index (χ4v) is 2.08. The number of furan rings is 1. The van der Waals surface area contributed by atoms with E-state index in [2.05, 4.69) is 5.32 Å². The molecular weight excluding hydrogens is 255 g/mol. The van der Waals surface area contributed by atoms with Gasteiger partial charge in [0.15, 0.2) is 0 Å². The fourth-order valence-electron chi connectivity index (χ4n) is 2.08. The highest BCUT2D eigenvalue weighted by Crippen LogP contribution is 2.33. The zero-order chi connectivity index (χ0) is 14.0. The van der Waals surface area contributed by atoms with Crippen molar-refractivity contribution in [2.45, 2.75) is 19.1 Å². The molecule has 1 aromatic heterocycles. The van der Waals surface area contributed by atoms with Gasteiger partial charge in [-0.15, -0.1) is 0 Å². The molecule has 2 aromatic rings. The number of alkyl halides is 3. The first-order valence-electron chi connectivity index (χ1n) is 5.82. The molecule has 0 fully saturated rings. The molecule has 1 heterocycles. The summed E-state index contributed by atoms with van der Waals surface area (Å²) in [7, 11) is 1.74. The molecule has 2 nitrogen and oxygen atoms in total. The van der Waals surface area contributed by atoms with E-state index in [9.17, 15) is 13.2 Å². The summed E-state index contributed by atoms with van der Waals surface area (Å²) in [6.07, 6.45) is -2.78. The number of rotatable bonds is 3. The van der Waals surface area contributed by atoms with Crippen LogP contribution < -0.4 is 5.32 Å². The summed E-state index contributed by atoms with van der Waals surface area (Å²) in [6, 6.07) is 7.02. The molecule has 0 radical (unpaired) electrons. The maximum Gasteiger partial charge on any atom is 0.416 e. The van der Waals surface area contributed by atoms with E-state index in [1.54, 1.807) is 32.4 Å². The molecule has 0 amide bonds. The van der Waals surface area contributed by atoms with Gasteiger partial charge >= 0.3 is 6.18 Å². The molecular formula is C14H14F3NO. The summed E-state index contributed by atoms with van der Waals surface area (Å²) in [5.74, 6) is 0.672. The van der Waals surface area contributed by atoms with Crippen LogP contribution in [0.3, 0.4) is 0 Å². The van der Waals surface area contributed by atoms with Crippen LogP contribution in [0.4, 0.5) is 13.2 Å². The van der Waals surface area contributed by atoms with E-state index in [-0.39, 0.29) is 6.04 Å². The predicted octanol–water partition coefficient (Wildman–Crippen LogP) is 3.92. The molecule has 0 bridgehead atoms. The molecule has 102 valence electrons. The quantitative estimate of drug-likeness (QED) is 0.913. The van der Waals surface area contributed by atoms with Crippen LogP contribution in [-0.2, 0) is 6.18 Å². The molecule has 1 N–H and O–H groups in total. The van der Waals surface area contributed by atoms with Gasteiger partial charge in [0.2, 0.25) is 0 Å². The van der Waals surface area contributed by atoms with Gasteiger partial charge in [-0.1, -0.05) is 6.07 Å². The zero-order valence-corrected chi connectivity index (χ0v) is 10.6. The Bertz CT molecular complexity index is 546. The van der Waals surface area contributed by atoms with Crippen molar-refractivity contribution >= 4 is 0 Å². The molecule has 0 saturated carbocycles. The maximum absolute atomic E-state index is 12.6. The summed E-state index contributed by atoms with van der Waals surface area (Å²) < 4.78 is 43.2. The Hall–Kier alpha value is -1.75. The second-order valence-corrected chi connectivity index (χ2v) is 4.31. The largest absolute Gasteiger partial charge is 0.467 e. The van der Waals surface area contributed by atoms with Crippen LogP contribution in [0.25, 0.3) is 0 Å². The third-order valence-electron chi connectivity index (χ3n) is 3.02. The lowest BCUT2D eigenvalue weighted by atomic mass is 9.97. The van der Waals surface area contributed by atoms with E-state index in [1.807, 2.05) is 0 Å². The van der Waals surface area contributed by atoms with Crippen molar-refractivity contribution in [2.75, 3.05) is 7.05 Å². The lowest BCUT2D eigenvalue weighted by molar-refractivity contribution is -0.137. The van der Waals surface area contributed by atoms with Gasteiger partial charge in [0.25, 0.3) is 0 Å². The molecule has 1 unspecified atom stereocenters. The molecule has 0 saturated heterocycles. The molecule has 1 atom stereocenters. The van der Waals surface area contributed by atoms with Gasteiger partial charge < -0.3 is 9.73 Å². The third-order valence-corrected chi connectivity index (χ3v) is 3.02. The van der Waals surface area contributed by atoms with E-state index >= 15 is 0 Å². The number of benzene rings is 1. The summed E-state index contributed by atoms with van der Waals surface area (Å²) >= 11 is 0. The number of hydrogen-bond donors (Lipinski definition) is 1. The summed E-state index contributed by atoms with van der Waals surface area (Å²) in [5.41, 5.74) is 0.707. The Morgan fingerprint density at radius 1 is 1.21 bits per heavy atom. The van der Waals surface area contributed by atoms with Gasteiger partial charge in [-0.25, -0.2) is 0 Å². The molecule has 2 rings (SSSR count). The Kier molecular flexibility index (Phi) is 3.66. The lowest BCUT2D eigenvalue weighted by Crippen LogP contribution is -2.18. The first-order valence-corrected chi connectivity index (χ1v) is 5.82. The number of nitrogens with one attached hydrogen (secondary N) is 1. The van der Waals surface area contributed by atoms with Crippen LogP contribution in [0.2, 0.25) is 0 Å². The second-order valence-electron chi connectivity index (χ2n) is 4.31. The number of aryl methyl sites for hydroxylation is 1. The molecule has 5 heteroatoms. The molecule has 0 aliphatic carbocycles. The third kappa shape index (κ3) is 2.81. The van der Waals surface area contributed by atoms with Crippen molar-refractivity contribution in [1.82, 2.24) is 5.32 Å². The monoisotopic (exact) mass is 269 g/mol. The minimum atomic E-state index is -4.32. The second kappa shape index (κ2) is 5.09. The van der Waals surface area contributed by atoms with Gasteiger partial charge in [-0.3, -0.25) is 0 Å². The molecule has 19 heavy (non-hydrogen) atoms. The Morgan fingerprint density at radius 2 is 1.95 bits per heavy atom. The Morgan fingerprint density at radius 3 is 2.42 bits per heavy atom. The van der Waals surface area contributed by atoms with Crippen molar-refractivity contribution in [3.63, 3.8) is 0 Å². The van der Waals surface area contributed by atoms with E-state index in [0.29, 0.717) is 11.3 Å². The van der Waals surface area contributed by atoms with Crippen molar-refractivity contribution in [1.29, 1.82) is 0 Å². The van der Waals surface area contributed by atoms with Gasteiger partial charge in [0.1, 0.15) is 5.76 Å². The summed E-state index contributed by atoms with van der Waals surface area (Å²) in [5, 5.41) is 3.04. The van der Waals surface area contributed by atoms with Crippen molar-refractivity contribution < 1.29 is 17.6 Å². The predicted molar refractivity (Wildman–Crippen MR) is 65.8 cm³/mol. The topological polar surface area (TPSA) is 25.2 Å². The van der Waals surface area contributed by atoms with Gasteiger partial charge in [-0.05, 0) is 49.4 Å². The lowest BCUT2D eigenvalue weighted by Gasteiger charge is -2.18. The van der Waals surface area contributed by atoms with Crippen LogP contribution >= 0.6 is 0 Å². The van der Waals surface area contributed by atoms with E-state index in [1.165, 1.54) is 6.07 Å². The highest BCUT2D eigenvalue weighted by Gasteiger charge is 2.31. The van der Waals surface area contributed by atoms with E-state index in [0.717, 1.165) is 17.7 Å². The molecule has 1 aromatic carbocycles. The minimum absolute atomic E-state index is 0.253. The smallest absolute Gasteiger partial charge is 0.416 e. The average molecular weight is 269 g/mol. The van der Waals surface area contributed by atoms with E-state index in [4.69, 9.17) is 4.42 Å². The first-order chi connectivity index (χ1) is 8.93. The van der Waals surface area contributed by atoms with Crippen LogP contribution in [0.1, 0.15) is 28.5 Å². The number of halogens is 3. The molecule has 0 aliphatic rings. The summed E-state index contributed by atoms with van der Waals surface area (Å²) in [4.78, 5) is 0. The number of hydrogen-bond acceptors (Lipinski definition) is 2. The van der Waals surface area contributed by atoms with Gasteiger partial charge in [0, 0.05) is 0 Å². The van der Waals surface area contributed by atoms with Crippen LogP contribution in [-0.4, -0.2) is 7.05 Å². The Balaban J connectivity index is 2.40. The maximum atomic E-state index is 12.6. The van der Waals surface area contributed by atoms with Gasteiger partial charge in [0.05, 0.1) is 17.9 Å². The highest BCUT2D eigenvalue weighted by molar-refractivity contribution is 5.37. The zero-order valence-electron chi connectivity index (χ0n) is 10.6. The fraction of sp³-hybridized carbons (Fsp3) is 0.286. The van der Waals surface area contributed by atoms with Crippen LogP contribution in [0.5, 0.6) is 0 Å². The van der Waals surface area contributed by atoms with Crippen molar-refractivity contribution in [2.24, 2.45) is 0 Å².